The van der Waals surface area contributed by atoms with E-state index in [0.29, 0.717) is 27.7 Å². The Labute approximate surface area is 164 Å². The van der Waals surface area contributed by atoms with Crippen LogP contribution in [0.4, 0.5) is 0 Å². The first-order valence-electron chi connectivity index (χ1n) is 9.15. The van der Waals surface area contributed by atoms with Crippen molar-refractivity contribution in [3.63, 3.8) is 0 Å². The Hall–Kier alpha value is -2.60. The lowest BCUT2D eigenvalue weighted by molar-refractivity contribution is 0.103. The number of hydrogen-bond acceptors (Lipinski definition) is 5. The van der Waals surface area contributed by atoms with E-state index in [-0.39, 0.29) is 28.2 Å². The van der Waals surface area contributed by atoms with E-state index in [2.05, 4.69) is 0 Å². The topological polar surface area (TPSA) is 84.6 Å². The maximum Gasteiger partial charge on any atom is 0.230 e. The molecule has 1 aromatic heterocycles. The van der Waals surface area contributed by atoms with Gasteiger partial charge >= 0.3 is 0 Å². The summed E-state index contributed by atoms with van der Waals surface area (Å²) >= 11 is 0. The molecule has 0 radical (unpaired) electrons. The number of sulfone groups is 1. The number of carbonyl (C=O) groups excluding carboxylic acids is 1. The van der Waals surface area contributed by atoms with Crippen molar-refractivity contribution >= 4 is 26.6 Å². The molecule has 0 saturated heterocycles. The van der Waals surface area contributed by atoms with Gasteiger partial charge in [-0.1, -0.05) is 45.9 Å². The lowest BCUT2D eigenvalue weighted by Crippen LogP contribution is -2.09. The Balaban J connectivity index is 2.32. The summed E-state index contributed by atoms with van der Waals surface area (Å²) in [6, 6.07) is 10.0. The zero-order valence-electron chi connectivity index (χ0n) is 16.6. The van der Waals surface area contributed by atoms with Gasteiger partial charge in [0.1, 0.15) is 11.3 Å². The number of carbonyl (C=O) groups is 1. The van der Waals surface area contributed by atoms with Gasteiger partial charge in [0.15, 0.2) is 5.78 Å². The molecular formula is C22H24O5S. The summed E-state index contributed by atoms with van der Waals surface area (Å²) < 4.78 is 30.1. The van der Waals surface area contributed by atoms with Gasteiger partial charge in [-0.05, 0) is 41.2 Å². The second kappa shape index (κ2) is 7.09. The number of fused-ring (bicyclic) bond motifs is 1. The zero-order chi connectivity index (χ0) is 20.8. The fourth-order valence-electron chi connectivity index (χ4n) is 3.33. The summed E-state index contributed by atoms with van der Waals surface area (Å²) in [5.74, 6) is -0.252. The smallest absolute Gasteiger partial charge is 0.230 e. The Morgan fingerprint density at radius 2 is 1.54 bits per heavy atom. The van der Waals surface area contributed by atoms with Crippen molar-refractivity contribution in [2.75, 3.05) is 6.26 Å². The van der Waals surface area contributed by atoms with E-state index in [1.54, 1.807) is 36.4 Å². The van der Waals surface area contributed by atoms with Crippen molar-refractivity contribution in [2.24, 2.45) is 0 Å². The first kappa shape index (κ1) is 20.1. The molecule has 0 atom stereocenters. The molecule has 0 fully saturated rings. The second-order valence-corrected chi connectivity index (χ2v) is 9.59. The van der Waals surface area contributed by atoms with E-state index in [0.717, 1.165) is 6.26 Å². The summed E-state index contributed by atoms with van der Waals surface area (Å²) in [5, 5.41) is 10.7. The summed E-state index contributed by atoms with van der Waals surface area (Å²) in [6.45, 7) is 7.73. The fourth-order valence-corrected chi connectivity index (χ4v) is 4.15. The van der Waals surface area contributed by atoms with Crippen molar-refractivity contribution in [2.45, 2.75) is 44.6 Å². The van der Waals surface area contributed by atoms with Crippen LogP contribution in [0.5, 0.6) is 5.75 Å². The Morgan fingerprint density at radius 3 is 2.04 bits per heavy atom. The fraction of sp³-hybridized carbons (Fsp3) is 0.318. The monoisotopic (exact) mass is 400 g/mol. The van der Waals surface area contributed by atoms with E-state index < -0.39 is 15.6 Å². The van der Waals surface area contributed by atoms with E-state index in [9.17, 15) is 18.3 Å². The Bertz CT molecular complexity index is 1140. The highest BCUT2D eigenvalue weighted by atomic mass is 32.2. The third-order valence-corrected chi connectivity index (χ3v) is 5.76. The maximum atomic E-state index is 13.4. The van der Waals surface area contributed by atoms with Crippen LogP contribution >= 0.6 is 0 Å². The molecule has 0 aliphatic carbocycles. The number of aromatic hydroxyl groups is 1. The average molecular weight is 400 g/mol. The molecule has 0 saturated carbocycles. The molecule has 6 heteroatoms. The molecule has 0 bridgehead atoms. The summed E-state index contributed by atoms with van der Waals surface area (Å²) in [5.41, 5.74) is 2.03. The van der Waals surface area contributed by atoms with Crippen molar-refractivity contribution in [1.82, 2.24) is 0 Å². The zero-order valence-corrected chi connectivity index (χ0v) is 17.4. The van der Waals surface area contributed by atoms with Crippen LogP contribution in [-0.4, -0.2) is 25.6 Å². The molecule has 148 valence electrons. The molecule has 2 aromatic carbocycles. The molecule has 5 nitrogen and oxygen atoms in total. The number of furan rings is 1. The van der Waals surface area contributed by atoms with Crippen LogP contribution in [0.25, 0.3) is 11.0 Å². The quantitative estimate of drug-likeness (QED) is 0.608. The molecule has 0 unspecified atom stereocenters. The second-order valence-electron chi connectivity index (χ2n) is 7.67. The minimum Gasteiger partial charge on any atom is -0.507 e. The number of benzene rings is 2. The summed E-state index contributed by atoms with van der Waals surface area (Å²) in [4.78, 5) is 13.4. The van der Waals surface area contributed by atoms with Gasteiger partial charge in [-0.2, -0.15) is 0 Å². The first-order chi connectivity index (χ1) is 13.0. The maximum absolute atomic E-state index is 13.4. The molecule has 28 heavy (non-hydrogen) atoms. The number of para-hydroxylation sites is 1. The lowest BCUT2D eigenvalue weighted by atomic mass is 9.89. The first-order valence-corrected chi connectivity index (χ1v) is 11.0. The predicted octanol–water partition coefficient (Wildman–Crippen LogP) is 5.02. The summed E-state index contributed by atoms with van der Waals surface area (Å²) in [6.07, 6.45) is 1.03. The van der Waals surface area contributed by atoms with Crippen LogP contribution in [0.15, 0.2) is 45.9 Å². The molecule has 3 rings (SSSR count). The van der Waals surface area contributed by atoms with Gasteiger partial charge in [0.05, 0.1) is 5.56 Å². The van der Waals surface area contributed by atoms with Crippen molar-refractivity contribution in [1.29, 1.82) is 0 Å². The van der Waals surface area contributed by atoms with Crippen molar-refractivity contribution in [3.05, 3.63) is 58.7 Å². The number of ketones is 1. The number of phenols is 1. The highest BCUT2D eigenvalue weighted by Crippen LogP contribution is 2.37. The summed E-state index contributed by atoms with van der Waals surface area (Å²) in [7, 11) is -3.75. The van der Waals surface area contributed by atoms with E-state index in [1.807, 2.05) is 27.7 Å². The Morgan fingerprint density at radius 1 is 1.00 bits per heavy atom. The van der Waals surface area contributed by atoms with Crippen LogP contribution in [0.2, 0.25) is 0 Å². The van der Waals surface area contributed by atoms with E-state index >= 15 is 0 Å². The van der Waals surface area contributed by atoms with Crippen LogP contribution < -0.4 is 0 Å². The van der Waals surface area contributed by atoms with E-state index in [1.165, 1.54) is 0 Å². The minimum atomic E-state index is -3.75. The van der Waals surface area contributed by atoms with Gasteiger partial charge in [0.25, 0.3) is 0 Å². The largest absolute Gasteiger partial charge is 0.507 e. The van der Waals surface area contributed by atoms with Gasteiger partial charge in [0.2, 0.25) is 14.9 Å². The molecule has 0 amide bonds. The predicted molar refractivity (Wildman–Crippen MR) is 109 cm³/mol. The minimum absolute atomic E-state index is 0.000669. The van der Waals surface area contributed by atoms with Gasteiger partial charge in [0, 0.05) is 17.2 Å². The molecular weight excluding hydrogens is 376 g/mol. The third-order valence-electron chi connectivity index (χ3n) is 4.80. The molecule has 0 spiro atoms. The molecule has 1 heterocycles. The average Bonchev–Trinajstić information content (AvgIpc) is 3.00. The van der Waals surface area contributed by atoms with Gasteiger partial charge in [-0.25, -0.2) is 8.42 Å². The van der Waals surface area contributed by atoms with E-state index in [4.69, 9.17) is 4.42 Å². The molecule has 3 aromatic rings. The number of phenolic OH excluding ortho intramolecular Hbond substituents is 1. The van der Waals surface area contributed by atoms with Gasteiger partial charge in [-0.3, -0.25) is 4.79 Å². The highest BCUT2D eigenvalue weighted by molar-refractivity contribution is 7.90. The number of rotatable bonds is 5. The molecule has 1 N–H and O–H groups in total. The third kappa shape index (κ3) is 3.44. The van der Waals surface area contributed by atoms with Crippen LogP contribution in [0.1, 0.15) is 66.6 Å². The van der Waals surface area contributed by atoms with Crippen LogP contribution in [0, 0.1) is 0 Å². The highest BCUT2D eigenvalue weighted by Gasteiger charge is 2.29. The van der Waals surface area contributed by atoms with Crippen molar-refractivity contribution < 1.29 is 22.7 Å². The SMILES string of the molecule is CC(C)c1cc(C(=O)c2c(S(C)(=O)=O)oc3ccccc23)cc(C(C)C)c1O. The Kier molecular flexibility index (Phi) is 5.10. The molecule has 0 aliphatic heterocycles. The van der Waals surface area contributed by atoms with Crippen molar-refractivity contribution in [3.8, 4) is 5.75 Å². The number of hydrogen-bond donors (Lipinski definition) is 1. The van der Waals surface area contributed by atoms with Crippen LogP contribution in [0.3, 0.4) is 0 Å². The lowest BCUT2D eigenvalue weighted by Gasteiger charge is -2.17. The standard InChI is InChI=1S/C22H24O5S/c1-12(2)16-10-14(11-17(13(3)4)21(16)24)20(23)19-15-8-6-7-9-18(15)27-22(19)28(5,25)26/h6-13,24H,1-5H3. The normalized spacial score (nSPS) is 12.2. The van der Waals surface area contributed by atoms with Gasteiger partial charge < -0.3 is 9.52 Å². The van der Waals surface area contributed by atoms with Crippen LogP contribution in [-0.2, 0) is 9.84 Å². The molecule has 0 aliphatic rings. The van der Waals surface area contributed by atoms with Gasteiger partial charge in [-0.15, -0.1) is 0 Å².